The molecule has 1 N–H and O–H groups in total. The summed E-state index contributed by atoms with van der Waals surface area (Å²) in [6, 6.07) is 2.64. The molecule has 0 radical (unpaired) electrons. The molecule has 1 atom stereocenters. The second kappa shape index (κ2) is 5.54. The van der Waals surface area contributed by atoms with Gasteiger partial charge in [0.1, 0.15) is 6.29 Å². The van der Waals surface area contributed by atoms with Crippen molar-refractivity contribution in [1.82, 2.24) is 4.90 Å². The van der Waals surface area contributed by atoms with Crippen LogP contribution in [0.5, 0.6) is 0 Å². The fourth-order valence-corrected chi connectivity index (χ4v) is 2.48. The van der Waals surface area contributed by atoms with Gasteiger partial charge in [0.05, 0.1) is 13.2 Å². The number of carbonyl (C=O) groups excluding carboxylic acids is 1. The summed E-state index contributed by atoms with van der Waals surface area (Å²) in [7, 11) is 0. The number of likely N-dealkylation sites (tertiary alicyclic amines) is 1. The third-order valence-electron chi connectivity index (χ3n) is 3.39. The molecule has 1 heterocycles. The van der Waals surface area contributed by atoms with Crippen molar-refractivity contribution in [2.75, 3.05) is 13.1 Å². The number of nitrogens with zero attached hydrogens (tertiary/aromatic N) is 1. The van der Waals surface area contributed by atoms with Crippen LogP contribution in [-0.4, -0.2) is 29.4 Å². The van der Waals surface area contributed by atoms with Gasteiger partial charge >= 0.3 is 0 Å². The zero-order chi connectivity index (χ0) is 13.1. The van der Waals surface area contributed by atoms with Crippen molar-refractivity contribution in [2.24, 2.45) is 0 Å². The SMILES string of the molecule is O=CCN1CCCC1c1ccc(CO)c(F)c1F. The number of carbonyl (C=O) groups is 1. The monoisotopic (exact) mass is 255 g/mol. The Labute approximate surface area is 104 Å². The van der Waals surface area contributed by atoms with Gasteiger partial charge < -0.3 is 9.90 Å². The average Bonchev–Trinajstić information content (AvgIpc) is 2.81. The Morgan fingerprint density at radius 1 is 1.39 bits per heavy atom. The fraction of sp³-hybridized carbons (Fsp3) is 0.462. The van der Waals surface area contributed by atoms with Gasteiger partial charge in [-0.15, -0.1) is 0 Å². The van der Waals surface area contributed by atoms with E-state index in [0.29, 0.717) is 13.0 Å². The molecule has 18 heavy (non-hydrogen) atoms. The first kappa shape index (κ1) is 13.1. The number of hydrogen-bond donors (Lipinski definition) is 1. The summed E-state index contributed by atoms with van der Waals surface area (Å²) < 4.78 is 27.5. The van der Waals surface area contributed by atoms with Gasteiger partial charge in [-0.1, -0.05) is 12.1 Å². The number of hydrogen-bond acceptors (Lipinski definition) is 3. The lowest BCUT2D eigenvalue weighted by Crippen LogP contribution is -2.26. The molecule has 0 aromatic heterocycles. The van der Waals surface area contributed by atoms with E-state index in [4.69, 9.17) is 5.11 Å². The van der Waals surface area contributed by atoms with E-state index in [1.54, 1.807) is 0 Å². The summed E-state index contributed by atoms with van der Waals surface area (Å²) in [4.78, 5) is 12.4. The maximum absolute atomic E-state index is 13.9. The molecule has 1 unspecified atom stereocenters. The minimum atomic E-state index is -0.993. The first-order chi connectivity index (χ1) is 8.69. The third kappa shape index (κ3) is 2.28. The van der Waals surface area contributed by atoms with E-state index in [-0.39, 0.29) is 23.7 Å². The molecule has 1 aromatic rings. The molecular formula is C13H15F2NO2. The Hall–Kier alpha value is -1.33. The van der Waals surface area contributed by atoms with Gasteiger partial charge in [-0.2, -0.15) is 0 Å². The van der Waals surface area contributed by atoms with Crippen LogP contribution in [0, 0.1) is 11.6 Å². The van der Waals surface area contributed by atoms with Crippen molar-refractivity contribution in [3.63, 3.8) is 0 Å². The van der Waals surface area contributed by atoms with Gasteiger partial charge in [-0.3, -0.25) is 4.90 Å². The van der Waals surface area contributed by atoms with Crippen molar-refractivity contribution in [1.29, 1.82) is 0 Å². The average molecular weight is 255 g/mol. The lowest BCUT2D eigenvalue weighted by molar-refractivity contribution is -0.109. The van der Waals surface area contributed by atoms with Crippen LogP contribution in [0.25, 0.3) is 0 Å². The van der Waals surface area contributed by atoms with Gasteiger partial charge in [0.25, 0.3) is 0 Å². The molecule has 1 fully saturated rings. The number of rotatable bonds is 4. The molecule has 5 heteroatoms. The molecule has 1 aliphatic rings. The molecule has 1 saturated heterocycles. The molecular weight excluding hydrogens is 240 g/mol. The molecule has 98 valence electrons. The fourth-order valence-electron chi connectivity index (χ4n) is 2.48. The molecule has 0 saturated carbocycles. The Kier molecular flexibility index (Phi) is 4.04. The van der Waals surface area contributed by atoms with Crippen molar-refractivity contribution in [3.05, 3.63) is 34.9 Å². The zero-order valence-electron chi connectivity index (χ0n) is 9.90. The molecule has 1 aromatic carbocycles. The van der Waals surface area contributed by atoms with Crippen LogP contribution in [0.1, 0.15) is 30.0 Å². The highest BCUT2D eigenvalue weighted by Gasteiger charge is 2.29. The van der Waals surface area contributed by atoms with Gasteiger partial charge in [-0.25, -0.2) is 8.78 Å². The van der Waals surface area contributed by atoms with Crippen LogP contribution >= 0.6 is 0 Å². The normalized spacial score (nSPS) is 20.3. The molecule has 0 amide bonds. The third-order valence-corrected chi connectivity index (χ3v) is 3.39. The summed E-state index contributed by atoms with van der Waals surface area (Å²) in [5, 5.41) is 8.87. The molecule has 0 bridgehead atoms. The molecule has 1 aliphatic heterocycles. The lowest BCUT2D eigenvalue weighted by Gasteiger charge is -2.23. The zero-order valence-corrected chi connectivity index (χ0v) is 9.90. The Balaban J connectivity index is 2.33. The number of aliphatic hydroxyl groups is 1. The highest BCUT2D eigenvalue weighted by Crippen LogP contribution is 2.34. The van der Waals surface area contributed by atoms with Crippen LogP contribution in [0.4, 0.5) is 8.78 Å². The van der Waals surface area contributed by atoms with Crippen LogP contribution < -0.4 is 0 Å². The van der Waals surface area contributed by atoms with Gasteiger partial charge in [0.15, 0.2) is 11.6 Å². The molecule has 3 nitrogen and oxygen atoms in total. The highest BCUT2D eigenvalue weighted by molar-refractivity contribution is 5.52. The van der Waals surface area contributed by atoms with E-state index in [2.05, 4.69) is 0 Å². The Morgan fingerprint density at radius 3 is 2.83 bits per heavy atom. The van der Waals surface area contributed by atoms with Gasteiger partial charge in [-0.05, 0) is 19.4 Å². The quantitative estimate of drug-likeness (QED) is 0.834. The maximum Gasteiger partial charge on any atom is 0.164 e. The lowest BCUT2D eigenvalue weighted by atomic mass is 10.0. The number of benzene rings is 1. The topological polar surface area (TPSA) is 40.5 Å². The largest absolute Gasteiger partial charge is 0.392 e. The van der Waals surface area contributed by atoms with Crippen molar-refractivity contribution < 1.29 is 18.7 Å². The Morgan fingerprint density at radius 2 is 2.17 bits per heavy atom. The summed E-state index contributed by atoms with van der Waals surface area (Å²) >= 11 is 0. The van der Waals surface area contributed by atoms with Crippen molar-refractivity contribution >= 4 is 6.29 Å². The second-order valence-electron chi connectivity index (χ2n) is 4.42. The molecule has 0 spiro atoms. The van der Waals surface area contributed by atoms with Crippen molar-refractivity contribution in [2.45, 2.75) is 25.5 Å². The predicted molar refractivity (Wildman–Crippen MR) is 61.9 cm³/mol. The summed E-state index contributed by atoms with van der Waals surface area (Å²) in [5.41, 5.74) is 0.222. The van der Waals surface area contributed by atoms with E-state index in [9.17, 15) is 13.6 Å². The van der Waals surface area contributed by atoms with Gasteiger partial charge in [0.2, 0.25) is 0 Å². The van der Waals surface area contributed by atoms with Crippen molar-refractivity contribution in [3.8, 4) is 0 Å². The summed E-state index contributed by atoms with van der Waals surface area (Å²) in [6.07, 6.45) is 2.35. The first-order valence-corrected chi connectivity index (χ1v) is 5.94. The van der Waals surface area contributed by atoms with E-state index in [1.165, 1.54) is 12.1 Å². The second-order valence-corrected chi connectivity index (χ2v) is 4.42. The minimum Gasteiger partial charge on any atom is -0.392 e. The van der Waals surface area contributed by atoms with E-state index in [1.807, 2.05) is 4.90 Å². The molecule has 2 rings (SSSR count). The van der Waals surface area contributed by atoms with E-state index in [0.717, 1.165) is 12.7 Å². The van der Waals surface area contributed by atoms with Gasteiger partial charge in [0, 0.05) is 17.2 Å². The van der Waals surface area contributed by atoms with Crippen LogP contribution in [0.2, 0.25) is 0 Å². The standard InChI is InChI=1S/C13H15F2NO2/c14-12-9(8-18)3-4-10(13(12)15)11-2-1-5-16(11)6-7-17/h3-4,7,11,18H,1-2,5-6,8H2. The summed E-state index contributed by atoms with van der Waals surface area (Å²) in [6.45, 7) is 0.422. The number of aldehydes is 1. The Bertz CT molecular complexity index is 451. The maximum atomic E-state index is 13.9. The first-order valence-electron chi connectivity index (χ1n) is 5.94. The van der Waals surface area contributed by atoms with Crippen LogP contribution in [-0.2, 0) is 11.4 Å². The smallest absolute Gasteiger partial charge is 0.164 e. The number of aliphatic hydroxyl groups excluding tert-OH is 1. The predicted octanol–water partition coefficient (Wildman–Crippen LogP) is 1.79. The van der Waals surface area contributed by atoms with Crippen LogP contribution in [0.3, 0.4) is 0 Å². The summed E-state index contributed by atoms with van der Waals surface area (Å²) in [5.74, 6) is -1.91. The molecule has 0 aliphatic carbocycles. The number of halogens is 2. The van der Waals surface area contributed by atoms with Crippen LogP contribution in [0.15, 0.2) is 12.1 Å². The van der Waals surface area contributed by atoms with E-state index >= 15 is 0 Å². The minimum absolute atomic E-state index is 0.0452. The highest BCUT2D eigenvalue weighted by atomic mass is 19.2. The van der Waals surface area contributed by atoms with E-state index < -0.39 is 18.2 Å².